The number of carbonyl (C=O) groups is 1. The van der Waals surface area contributed by atoms with Gasteiger partial charge in [-0.1, -0.05) is 18.2 Å². The van der Waals surface area contributed by atoms with Crippen molar-refractivity contribution in [1.29, 1.82) is 0 Å². The van der Waals surface area contributed by atoms with Gasteiger partial charge in [0.2, 0.25) is 0 Å². The van der Waals surface area contributed by atoms with Gasteiger partial charge in [-0.2, -0.15) is 0 Å². The van der Waals surface area contributed by atoms with Gasteiger partial charge in [0.15, 0.2) is 5.78 Å². The molecule has 2 aliphatic rings. The molecular weight excluding hydrogens is 350 g/mol. The van der Waals surface area contributed by atoms with Gasteiger partial charge in [-0.25, -0.2) is 4.98 Å². The maximum absolute atomic E-state index is 13.3. The van der Waals surface area contributed by atoms with E-state index in [4.69, 9.17) is 0 Å². The molecule has 0 spiro atoms. The minimum Gasteiger partial charge on any atom is -0.412 e. The lowest BCUT2D eigenvalue weighted by molar-refractivity contribution is 0.0887. The Morgan fingerprint density at radius 3 is 2.88 bits per heavy atom. The van der Waals surface area contributed by atoms with Gasteiger partial charge in [-0.15, -0.1) is 12.4 Å². The Labute approximate surface area is 158 Å². The number of hydrogen-bond donors (Lipinski definition) is 0. The third kappa shape index (κ3) is 2.58. The smallest absolute Gasteiger partial charge is 0.170 e. The summed E-state index contributed by atoms with van der Waals surface area (Å²) in [5, 5.41) is 1.18. The molecule has 1 aliphatic heterocycles. The van der Waals surface area contributed by atoms with E-state index in [1.165, 1.54) is 28.6 Å². The second kappa shape index (κ2) is 6.89. The van der Waals surface area contributed by atoms with Crippen molar-refractivity contribution in [3.63, 3.8) is 0 Å². The molecule has 1 aromatic carbocycles. The average molecular weight is 374 g/mol. The number of carbonyl (C=O) groups excluding carboxylic acids is 1. The molecule has 26 heavy (non-hydrogen) atoms. The first-order valence-corrected chi connectivity index (χ1v) is 8.89. The molecule has 3 aromatic rings. The van der Waals surface area contributed by atoms with Gasteiger partial charge in [0.25, 0.3) is 0 Å². The molecule has 0 bridgehead atoms. The molecule has 5 nitrogen and oxygen atoms in total. The van der Waals surface area contributed by atoms with Crippen LogP contribution in [0.3, 0.4) is 0 Å². The largest absolute Gasteiger partial charge is 0.412 e. The van der Waals surface area contributed by atoms with Crippen molar-refractivity contribution in [3.05, 3.63) is 53.2 Å². The number of nitrogens with zero attached hydrogens (tertiary/aromatic N) is 3. The fourth-order valence-electron chi connectivity index (χ4n) is 4.60. The topological polar surface area (TPSA) is 71.3 Å². The fourth-order valence-corrected chi connectivity index (χ4v) is 4.60. The van der Waals surface area contributed by atoms with Crippen LogP contribution in [0.25, 0.3) is 10.9 Å². The summed E-state index contributed by atoms with van der Waals surface area (Å²) in [6.07, 6.45) is 8.05. The summed E-state index contributed by atoms with van der Waals surface area (Å²) in [5.74, 6) is 1.37. The second-order valence-electron chi connectivity index (χ2n) is 7.12. The summed E-state index contributed by atoms with van der Waals surface area (Å²) < 4.78 is 4.54. The predicted octanol–water partition coefficient (Wildman–Crippen LogP) is 3.13. The molecule has 0 amide bonds. The van der Waals surface area contributed by atoms with Crippen molar-refractivity contribution >= 4 is 29.1 Å². The Bertz CT molecular complexity index is 973. The number of aryl methyl sites for hydroxylation is 3. The van der Waals surface area contributed by atoms with Gasteiger partial charge in [-0.05, 0) is 38.2 Å². The van der Waals surface area contributed by atoms with Gasteiger partial charge in [0, 0.05) is 48.0 Å². The maximum atomic E-state index is 13.3. The van der Waals surface area contributed by atoms with Crippen LogP contribution in [0.4, 0.5) is 0 Å². The number of imidazole rings is 1. The number of fused-ring (bicyclic) bond motifs is 3. The van der Waals surface area contributed by atoms with Gasteiger partial charge in [0.1, 0.15) is 5.82 Å². The maximum Gasteiger partial charge on any atom is 0.170 e. The molecule has 1 atom stereocenters. The van der Waals surface area contributed by atoms with Crippen LogP contribution in [0.15, 0.2) is 30.6 Å². The van der Waals surface area contributed by atoms with Crippen molar-refractivity contribution in [2.75, 3.05) is 0 Å². The first kappa shape index (κ1) is 18.7. The molecule has 0 radical (unpaired) electrons. The van der Waals surface area contributed by atoms with E-state index in [-0.39, 0.29) is 23.8 Å². The molecule has 0 fully saturated rings. The number of aromatic nitrogens is 3. The van der Waals surface area contributed by atoms with E-state index in [1.807, 2.05) is 19.3 Å². The summed E-state index contributed by atoms with van der Waals surface area (Å²) in [7, 11) is 0. The van der Waals surface area contributed by atoms with E-state index in [9.17, 15) is 4.79 Å². The predicted molar refractivity (Wildman–Crippen MR) is 104 cm³/mol. The van der Waals surface area contributed by atoms with Crippen LogP contribution in [0.2, 0.25) is 0 Å². The molecule has 0 saturated heterocycles. The van der Waals surface area contributed by atoms with E-state index in [0.29, 0.717) is 5.78 Å². The van der Waals surface area contributed by atoms with Crippen LogP contribution in [0.1, 0.15) is 40.3 Å². The van der Waals surface area contributed by atoms with Crippen molar-refractivity contribution in [3.8, 4) is 0 Å². The normalized spacial score (nSPS) is 18.2. The van der Waals surface area contributed by atoms with Crippen LogP contribution >= 0.6 is 12.4 Å². The standard InChI is InChI=1S/C20H21N3O.ClH.H2O/c1-13-21-9-11-22(13)12-15-7-8-17-18(20(15)24)16-6-2-4-14-5-3-10-23(17)19(14)16;;/h2,4,6,9,11,15H,3,5,7-8,10,12H2,1H3;1H;1H2/t15-;;/m1../s1. The third-order valence-electron chi connectivity index (χ3n) is 5.79. The summed E-state index contributed by atoms with van der Waals surface area (Å²) >= 11 is 0. The summed E-state index contributed by atoms with van der Waals surface area (Å²) in [5.41, 5.74) is 5.01. The Morgan fingerprint density at radius 2 is 2.12 bits per heavy atom. The fraction of sp³-hybridized carbons (Fsp3) is 0.400. The molecule has 138 valence electrons. The van der Waals surface area contributed by atoms with Crippen LogP contribution < -0.4 is 0 Å². The van der Waals surface area contributed by atoms with Gasteiger partial charge >= 0.3 is 0 Å². The van der Waals surface area contributed by atoms with E-state index >= 15 is 0 Å². The number of rotatable bonds is 2. The Kier molecular flexibility index (Phi) is 4.95. The highest BCUT2D eigenvalue weighted by Crippen LogP contribution is 2.38. The lowest BCUT2D eigenvalue weighted by atomic mass is 9.84. The number of benzene rings is 1. The lowest BCUT2D eigenvalue weighted by Gasteiger charge is -2.24. The molecule has 0 unspecified atom stereocenters. The van der Waals surface area contributed by atoms with E-state index < -0.39 is 0 Å². The van der Waals surface area contributed by atoms with Crippen molar-refractivity contribution in [2.24, 2.45) is 5.92 Å². The van der Waals surface area contributed by atoms with Crippen molar-refractivity contribution in [1.82, 2.24) is 14.1 Å². The highest BCUT2D eigenvalue weighted by atomic mass is 35.5. The molecule has 6 heteroatoms. The van der Waals surface area contributed by atoms with Crippen molar-refractivity contribution < 1.29 is 10.3 Å². The van der Waals surface area contributed by atoms with Crippen LogP contribution in [0, 0.1) is 12.8 Å². The quantitative estimate of drug-likeness (QED) is 0.692. The average Bonchev–Trinajstić information content (AvgIpc) is 3.15. The summed E-state index contributed by atoms with van der Waals surface area (Å²) in [4.78, 5) is 17.6. The Balaban J connectivity index is 0.000000980. The molecule has 2 aromatic heterocycles. The molecule has 0 saturated carbocycles. The SMILES string of the molecule is Cc1nccn1C[C@H]1CCc2c(c3cccc4c3n2CCC4)C1=O.Cl.O. The summed E-state index contributed by atoms with van der Waals surface area (Å²) in [6, 6.07) is 6.48. The molecule has 5 rings (SSSR count). The van der Waals surface area contributed by atoms with Crippen LogP contribution in [-0.4, -0.2) is 25.4 Å². The van der Waals surface area contributed by atoms with Crippen molar-refractivity contribution in [2.45, 2.75) is 45.7 Å². The first-order chi connectivity index (χ1) is 11.7. The van der Waals surface area contributed by atoms with Gasteiger partial charge in [0.05, 0.1) is 5.52 Å². The zero-order valence-electron chi connectivity index (χ0n) is 14.9. The molecule has 3 heterocycles. The number of halogens is 1. The second-order valence-corrected chi connectivity index (χ2v) is 7.12. The van der Waals surface area contributed by atoms with Gasteiger partial charge < -0.3 is 14.6 Å². The first-order valence-electron chi connectivity index (χ1n) is 8.89. The monoisotopic (exact) mass is 373 g/mol. The minimum absolute atomic E-state index is 0. The van der Waals surface area contributed by atoms with Gasteiger partial charge in [-0.3, -0.25) is 4.79 Å². The zero-order valence-corrected chi connectivity index (χ0v) is 15.7. The number of ketones is 1. The zero-order chi connectivity index (χ0) is 16.3. The van der Waals surface area contributed by atoms with E-state index in [1.54, 1.807) is 0 Å². The Hall–Kier alpha value is -2.11. The van der Waals surface area contributed by atoms with E-state index in [0.717, 1.165) is 43.7 Å². The lowest BCUT2D eigenvalue weighted by Crippen LogP contribution is -2.27. The van der Waals surface area contributed by atoms with E-state index in [2.05, 4.69) is 32.3 Å². The number of Topliss-reactive ketones (excluding diaryl/α,β-unsaturated/α-hetero) is 1. The highest BCUT2D eigenvalue weighted by Gasteiger charge is 2.34. The number of hydrogen-bond acceptors (Lipinski definition) is 2. The molecule has 2 N–H and O–H groups in total. The van der Waals surface area contributed by atoms with Crippen LogP contribution in [-0.2, 0) is 25.9 Å². The highest BCUT2D eigenvalue weighted by molar-refractivity contribution is 6.12. The molecule has 1 aliphatic carbocycles. The van der Waals surface area contributed by atoms with Crippen LogP contribution in [0.5, 0.6) is 0 Å². The minimum atomic E-state index is 0. The third-order valence-corrected chi connectivity index (χ3v) is 5.79. The Morgan fingerprint density at radius 1 is 1.27 bits per heavy atom. The molecular formula is C20H24ClN3O2. The summed E-state index contributed by atoms with van der Waals surface area (Å²) in [6.45, 7) is 3.80. The number of para-hydroxylation sites is 1.